The first-order valence-electron chi connectivity index (χ1n) is 9.89. The number of anilines is 2. The van der Waals surface area contributed by atoms with Crippen LogP contribution in [-0.4, -0.2) is 48.9 Å². The third kappa shape index (κ3) is 3.68. The normalized spacial score (nSPS) is 21.0. The standard InChI is InChI=1S/C21H28N4O/c1-2-18-10-6-7-11-25(18)20-16-19(24-12-14-26-15-13-24)22-21(23-20)17-8-4-3-5-9-17/h3-5,8-9,16,18H,2,6-7,10-15H2,1H3. The number of nitrogens with zero attached hydrogens (tertiary/aromatic N) is 4. The number of aromatic nitrogens is 2. The highest BCUT2D eigenvalue weighted by molar-refractivity contribution is 5.62. The highest BCUT2D eigenvalue weighted by Gasteiger charge is 2.24. The Kier molecular flexibility index (Phi) is 5.34. The van der Waals surface area contributed by atoms with Gasteiger partial charge in [0.1, 0.15) is 11.6 Å². The molecule has 26 heavy (non-hydrogen) atoms. The van der Waals surface area contributed by atoms with E-state index in [0.717, 1.165) is 62.3 Å². The van der Waals surface area contributed by atoms with E-state index in [0.29, 0.717) is 6.04 Å². The lowest BCUT2D eigenvalue weighted by Gasteiger charge is -2.37. The molecule has 0 bridgehead atoms. The summed E-state index contributed by atoms with van der Waals surface area (Å²) in [6.07, 6.45) is 4.99. The van der Waals surface area contributed by atoms with Crippen LogP contribution in [0.3, 0.4) is 0 Å². The number of piperidine rings is 1. The van der Waals surface area contributed by atoms with Crippen molar-refractivity contribution in [1.82, 2.24) is 9.97 Å². The van der Waals surface area contributed by atoms with Gasteiger partial charge in [-0.2, -0.15) is 0 Å². The fourth-order valence-electron chi connectivity index (χ4n) is 3.97. The van der Waals surface area contributed by atoms with Gasteiger partial charge in [-0.1, -0.05) is 37.3 Å². The van der Waals surface area contributed by atoms with E-state index >= 15 is 0 Å². The summed E-state index contributed by atoms with van der Waals surface area (Å²) in [6, 6.07) is 13.1. The summed E-state index contributed by atoms with van der Waals surface area (Å²) in [4.78, 5) is 14.7. The summed E-state index contributed by atoms with van der Waals surface area (Å²) in [6.45, 7) is 6.68. The van der Waals surface area contributed by atoms with Gasteiger partial charge in [-0.25, -0.2) is 9.97 Å². The second-order valence-electron chi connectivity index (χ2n) is 7.12. The molecule has 0 amide bonds. The van der Waals surface area contributed by atoms with Crippen LogP contribution < -0.4 is 9.80 Å². The fourth-order valence-corrected chi connectivity index (χ4v) is 3.97. The van der Waals surface area contributed by atoms with Crippen LogP contribution >= 0.6 is 0 Å². The molecule has 0 aliphatic carbocycles. The van der Waals surface area contributed by atoms with E-state index in [1.165, 1.54) is 19.3 Å². The third-order valence-electron chi connectivity index (χ3n) is 5.46. The maximum Gasteiger partial charge on any atom is 0.163 e. The Balaban J connectivity index is 1.74. The molecule has 2 saturated heterocycles. The summed E-state index contributed by atoms with van der Waals surface area (Å²) in [7, 11) is 0. The number of hydrogen-bond acceptors (Lipinski definition) is 5. The molecule has 1 atom stereocenters. The Labute approximate surface area is 156 Å². The monoisotopic (exact) mass is 352 g/mol. The lowest BCUT2D eigenvalue weighted by atomic mass is 10.00. The van der Waals surface area contributed by atoms with Crippen molar-refractivity contribution in [3.05, 3.63) is 36.4 Å². The zero-order chi connectivity index (χ0) is 17.8. The van der Waals surface area contributed by atoms with E-state index in [2.05, 4.69) is 47.1 Å². The topological polar surface area (TPSA) is 41.5 Å². The fraction of sp³-hybridized carbons (Fsp3) is 0.524. The molecule has 0 N–H and O–H groups in total. The Bertz CT molecular complexity index is 715. The maximum absolute atomic E-state index is 5.52. The molecule has 2 aliphatic heterocycles. The smallest absolute Gasteiger partial charge is 0.163 e. The number of benzene rings is 1. The van der Waals surface area contributed by atoms with Crippen molar-refractivity contribution in [1.29, 1.82) is 0 Å². The summed E-state index contributed by atoms with van der Waals surface area (Å²) < 4.78 is 5.52. The van der Waals surface area contributed by atoms with Crippen LogP contribution in [0.1, 0.15) is 32.6 Å². The van der Waals surface area contributed by atoms with E-state index in [4.69, 9.17) is 14.7 Å². The Morgan fingerprint density at radius 2 is 1.77 bits per heavy atom. The predicted molar refractivity (Wildman–Crippen MR) is 106 cm³/mol. The molecule has 1 unspecified atom stereocenters. The second-order valence-corrected chi connectivity index (χ2v) is 7.12. The zero-order valence-electron chi connectivity index (χ0n) is 15.6. The second kappa shape index (κ2) is 8.04. The van der Waals surface area contributed by atoms with Crippen LogP contribution in [0.15, 0.2) is 36.4 Å². The molecular weight excluding hydrogens is 324 g/mol. The van der Waals surface area contributed by atoms with E-state index in [9.17, 15) is 0 Å². The minimum Gasteiger partial charge on any atom is -0.378 e. The van der Waals surface area contributed by atoms with E-state index in [-0.39, 0.29) is 0 Å². The highest BCUT2D eigenvalue weighted by Crippen LogP contribution is 2.30. The average Bonchev–Trinajstić information content (AvgIpc) is 2.74. The molecular formula is C21H28N4O. The van der Waals surface area contributed by atoms with Gasteiger partial charge in [0.05, 0.1) is 13.2 Å². The molecule has 138 valence electrons. The van der Waals surface area contributed by atoms with E-state index in [1.54, 1.807) is 0 Å². The van der Waals surface area contributed by atoms with Gasteiger partial charge in [0.2, 0.25) is 0 Å². The van der Waals surface area contributed by atoms with Crippen molar-refractivity contribution in [2.24, 2.45) is 0 Å². The van der Waals surface area contributed by atoms with Crippen molar-refractivity contribution in [2.75, 3.05) is 42.6 Å². The van der Waals surface area contributed by atoms with Crippen LogP contribution in [0.4, 0.5) is 11.6 Å². The van der Waals surface area contributed by atoms with Gasteiger partial charge in [0.25, 0.3) is 0 Å². The SMILES string of the molecule is CCC1CCCCN1c1cc(N2CCOCC2)nc(-c2ccccc2)n1. The van der Waals surface area contributed by atoms with Crippen LogP contribution in [0.5, 0.6) is 0 Å². The molecule has 1 aromatic carbocycles. The van der Waals surface area contributed by atoms with Gasteiger partial charge in [-0.3, -0.25) is 0 Å². The molecule has 4 rings (SSSR count). The molecule has 2 aliphatic rings. The van der Waals surface area contributed by atoms with Gasteiger partial charge < -0.3 is 14.5 Å². The molecule has 2 aromatic rings. The van der Waals surface area contributed by atoms with Gasteiger partial charge in [-0.15, -0.1) is 0 Å². The Morgan fingerprint density at radius 1 is 1.00 bits per heavy atom. The average molecular weight is 352 g/mol. The number of rotatable bonds is 4. The number of ether oxygens (including phenoxy) is 1. The van der Waals surface area contributed by atoms with Crippen molar-refractivity contribution in [3.63, 3.8) is 0 Å². The van der Waals surface area contributed by atoms with Gasteiger partial charge >= 0.3 is 0 Å². The molecule has 5 nitrogen and oxygen atoms in total. The van der Waals surface area contributed by atoms with Crippen molar-refractivity contribution in [3.8, 4) is 11.4 Å². The number of hydrogen-bond donors (Lipinski definition) is 0. The molecule has 3 heterocycles. The molecule has 0 saturated carbocycles. The molecule has 1 aromatic heterocycles. The maximum atomic E-state index is 5.52. The first kappa shape index (κ1) is 17.3. The number of morpholine rings is 1. The predicted octanol–water partition coefficient (Wildman–Crippen LogP) is 3.75. The lowest BCUT2D eigenvalue weighted by molar-refractivity contribution is 0.122. The lowest BCUT2D eigenvalue weighted by Crippen LogP contribution is -2.40. The molecule has 0 spiro atoms. The van der Waals surface area contributed by atoms with E-state index < -0.39 is 0 Å². The van der Waals surface area contributed by atoms with Crippen LogP contribution in [0.25, 0.3) is 11.4 Å². The van der Waals surface area contributed by atoms with Crippen molar-refractivity contribution >= 4 is 11.6 Å². The quantitative estimate of drug-likeness (QED) is 0.838. The first-order chi connectivity index (χ1) is 12.8. The summed E-state index contributed by atoms with van der Waals surface area (Å²) in [5.41, 5.74) is 1.08. The first-order valence-corrected chi connectivity index (χ1v) is 9.89. The van der Waals surface area contributed by atoms with Crippen LogP contribution in [-0.2, 0) is 4.74 Å². The molecule has 2 fully saturated rings. The van der Waals surface area contributed by atoms with Crippen LogP contribution in [0, 0.1) is 0 Å². The van der Waals surface area contributed by atoms with Crippen LogP contribution in [0.2, 0.25) is 0 Å². The van der Waals surface area contributed by atoms with Crippen molar-refractivity contribution < 1.29 is 4.74 Å². The summed E-state index contributed by atoms with van der Waals surface area (Å²) >= 11 is 0. The zero-order valence-corrected chi connectivity index (χ0v) is 15.6. The third-order valence-corrected chi connectivity index (χ3v) is 5.46. The van der Waals surface area contributed by atoms with Gasteiger partial charge in [0, 0.05) is 37.3 Å². The minimum absolute atomic E-state index is 0.583. The highest BCUT2D eigenvalue weighted by atomic mass is 16.5. The van der Waals surface area contributed by atoms with Gasteiger partial charge in [-0.05, 0) is 25.7 Å². The largest absolute Gasteiger partial charge is 0.378 e. The minimum atomic E-state index is 0.583. The van der Waals surface area contributed by atoms with E-state index in [1.807, 2.05) is 6.07 Å². The Hall–Kier alpha value is -2.14. The van der Waals surface area contributed by atoms with Gasteiger partial charge in [0.15, 0.2) is 5.82 Å². The summed E-state index contributed by atoms with van der Waals surface area (Å²) in [5, 5.41) is 0. The molecule has 0 radical (unpaired) electrons. The summed E-state index contributed by atoms with van der Waals surface area (Å²) in [5.74, 6) is 2.93. The Morgan fingerprint density at radius 3 is 2.54 bits per heavy atom. The van der Waals surface area contributed by atoms with Crippen molar-refractivity contribution in [2.45, 2.75) is 38.6 Å². The molecule has 5 heteroatoms.